The summed E-state index contributed by atoms with van der Waals surface area (Å²) in [7, 11) is 0. The monoisotopic (exact) mass is 294 g/mol. The summed E-state index contributed by atoms with van der Waals surface area (Å²) >= 11 is 1.41. The van der Waals surface area contributed by atoms with E-state index in [1.807, 2.05) is 13.8 Å². The van der Waals surface area contributed by atoms with Gasteiger partial charge in [-0.3, -0.25) is 4.79 Å². The minimum absolute atomic E-state index is 0.0529. The number of aryl methyl sites for hydroxylation is 2. The number of H-pyrrole nitrogens is 1. The highest BCUT2D eigenvalue weighted by atomic mass is 32.2. The number of nitrogens with zero attached hydrogens (tertiary/aromatic N) is 3. The molecule has 2 rings (SSSR count). The van der Waals surface area contributed by atoms with Crippen LogP contribution in [0.5, 0.6) is 0 Å². The van der Waals surface area contributed by atoms with Crippen molar-refractivity contribution < 1.29 is 4.42 Å². The zero-order valence-electron chi connectivity index (χ0n) is 11.8. The Kier molecular flexibility index (Phi) is 4.94. The van der Waals surface area contributed by atoms with Gasteiger partial charge in [0.05, 0.1) is 5.25 Å². The first-order valence-corrected chi connectivity index (χ1v) is 7.59. The van der Waals surface area contributed by atoms with E-state index in [0.29, 0.717) is 23.4 Å². The fourth-order valence-corrected chi connectivity index (χ4v) is 2.58. The van der Waals surface area contributed by atoms with Crippen molar-refractivity contribution in [1.29, 1.82) is 0 Å². The van der Waals surface area contributed by atoms with E-state index in [2.05, 4.69) is 27.1 Å². The Hall–Kier alpha value is -1.63. The van der Waals surface area contributed by atoms with Gasteiger partial charge >= 0.3 is 0 Å². The highest BCUT2D eigenvalue weighted by molar-refractivity contribution is 7.99. The van der Waals surface area contributed by atoms with Gasteiger partial charge in [0, 0.05) is 18.2 Å². The number of hydrogen-bond donors (Lipinski definition) is 1. The van der Waals surface area contributed by atoms with E-state index in [1.165, 1.54) is 11.8 Å². The molecule has 0 spiro atoms. The molecule has 6 nitrogen and oxygen atoms in total. The molecule has 7 heteroatoms. The van der Waals surface area contributed by atoms with Crippen LogP contribution in [0.1, 0.15) is 49.9 Å². The molecule has 0 bridgehead atoms. The van der Waals surface area contributed by atoms with Gasteiger partial charge in [0.1, 0.15) is 0 Å². The van der Waals surface area contributed by atoms with Crippen LogP contribution in [0.15, 0.2) is 20.4 Å². The molecule has 0 aliphatic carbocycles. The van der Waals surface area contributed by atoms with Crippen molar-refractivity contribution in [3.05, 3.63) is 33.9 Å². The average molecular weight is 294 g/mol. The van der Waals surface area contributed by atoms with Crippen LogP contribution in [0.4, 0.5) is 0 Å². The third-order valence-electron chi connectivity index (χ3n) is 2.70. The molecule has 0 aliphatic rings. The minimum atomic E-state index is -0.127. The Balaban J connectivity index is 2.14. The Labute approximate surface area is 121 Å². The summed E-state index contributed by atoms with van der Waals surface area (Å²) in [5, 5.41) is 8.48. The topological polar surface area (TPSA) is 84.7 Å². The Morgan fingerprint density at radius 1 is 1.40 bits per heavy atom. The van der Waals surface area contributed by atoms with Gasteiger partial charge < -0.3 is 9.40 Å². The molecule has 2 aromatic rings. The normalized spacial score (nSPS) is 12.6. The molecule has 0 aromatic carbocycles. The van der Waals surface area contributed by atoms with Crippen molar-refractivity contribution >= 4 is 11.8 Å². The largest absolute Gasteiger partial charge is 0.424 e. The Morgan fingerprint density at radius 2 is 2.20 bits per heavy atom. The summed E-state index contributed by atoms with van der Waals surface area (Å²) in [6.07, 6.45) is 2.47. The zero-order chi connectivity index (χ0) is 14.5. The summed E-state index contributed by atoms with van der Waals surface area (Å²) in [5.41, 5.74) is 0.684. The molecule has 2 heterocycles. The molecular formula is C13H18N4O2S. The molecule has 0 unspecified atom stereocenters. The van der Waals surface area contributed by atoms with Crippen LogP contribution >= 0.6 is 11.8 Å². The van der Waals surface area contributed by atoms with Crippen molar-refractivity contribution in [3.63, 3.8) is 0 Å². The second-order valence-electron chi connectivity index (χ2n) is 4.44. The second-order valence-corrected chi connectivity index (χ2v) is 5.77. The van der Waals surface area contributed by atoms with Gasteiger partial charge in [0.25, 0.3) is 5.56 Å². The van der Waals surface area contributed by atoms with Crippen LogP contribution in [0.2, 0.25) is 0 Å². The van der Waals surface area contributed by atoms with Crippen molar-refractivity contribution in [2.75, 3.05) is 0 Å². The summed E-state index contributed by atoms with van der Waals surface area (Å²) in [5.74, 6) is 1.17. The van der Waals surface area contributed by atoms with Crippen LogP contribution in [0.25, 0.3) is 0 Å². The number of hydrogen-bond acceptors (Lipinski definition) is 6. The second kappa shape index (κ2) is 6.69. The molecule has 0 fully saturated rings. The molecule has 0 aliphatic heterocycles. The molecule has 1 atom stereocenters. The van der Waals surface area contributed by atoms with Gasteiger partial charge in [-0.25, -0.2) is 4.98 Å². The lowest BCUT2D eigenvalue weighted by Gasteiger charge is -2.06. The van der Waals surface area contributed by atoms with E-state index >= 15 is 0 Å². The maximum Gasteiger partial charge on any atom is 0.251 e. The quantitative estimate of drug-likeness (QED) is 0.651. The lowest BCUT2D eigenvalue weighted by atomic mass is 10.2. The molecule has 0 radical (unpaired) electrons. The van der Waals surface area contributed by atoms with Gasteiger partial charge in [-0.05, 0) is 13.3 Å². The Bertz CT molecular complexity index is 623. The first-order valence-electron chi connectivity index (χ1n) is 6.71. The zero-order valence-corrected chi connectivity index (χ0v) is 12.7. The predicted octanol–water partition coefficient (Wildman–Crippen LogP) is 2.52. The Morgan fingerprint density at radius 3 is 2.85 bits per heavy atom. The van der Waals surface area contributed by atoms with Gasteiger partial charge in [-0.2, -0.15) is 0 Å². The highest BCUT2D eigenvalue weighted by Gasteiger charge is 2.16. The molecule has 1 N–H and O–H groups in total. The van der Waals surface area contributed by atoms with Gasteiger partial charge in [-0.1, -0.05) is 32.0 Å². The fraction of sp³-hybridized carbons (Fsp3) is 0.538. The van der Waals surface area contributed by atoms with Gasteiger partial charge in [0.15, 0.2) is 5.16 Å². The van der Waals surface area contributed by atoms with E-state index in [0.717, 1.165) is 18.5 Å². The molecule has 0 saturated heterocycles. The van der Waals surface area contributed by atoms with Gasteiger partial charge in [0.2, 0.25) is 11.8 Å². The highest BCUT2D eigenvalue weighted by Crippen LogP contribution is 2.31. The predicted molar refractivity (Wildman–Crippen MR) is 76.8 cm³/mol. The summed E-state index contributed by atoms with van der Waals surface area (Å²) in [6, 6.07) is 1.54. The third kappa shape index (κ3) is 3.69. The molecule has 2 aromatic heterocycles. The fourth-order valence-electron chi connectivity index (χ4n) is 1.72. The molecule has 20 heavy (non-hydrogen) atoms. The van der Waals surface area contributed by atoms with Crippen molar-refractivity contribution in [2.45, 2.75) is 50.4 Å². The molecular weight excluding hydrogens is 276 g/mol. The van der Waals surface area contributed by atoms with Crippen LogP contribution < -0.4 is 5.56 Å². The lowest BCUT2D eigenvalue weighted by Crippen LogP contribution is -2.10. The van der Waals surface area contributed by atoms with Gasteiger partial charge in [-0.15, -0.1) is 10.2 Å². The van der Waals surface area contributed by atoms with Crippen LogP contribution in [-0.2, 0) is 12.8 Å². The third-order valence-corrected chi connectivity index (χ3v) is 3.67. The smallest absolute Gasteiger partial charge is 0.251 e. The van der Waals surface area contributed by atoms with Crippen molar-refractivity contribution in [2.24, 2.45) is 0 Å². The first-order chi connectivity index (χ1) is 9.62. The maximum absolute atomic E-state index is 11.6. The standard InChI is InChI=1S/C13H18N4O2S/c1-4-6-9-7-10(18)15-13(14-9)20-8(3)12-17-16-11(5-2)19-12/h7-8H,4-6H2,1-3H3,(H,14,15,18)/t8-/m0/s1. The summed E-state index contributed by atoms with van der Waals surface area (Å²) in [6.45, 7) is 5.97. The van der Waals surface area contributed by atoms with Crippen LogP contribution in [0.3, 0.4) is 0 Å². The van der Waals surface area contributed by atoms with Crippen LogP contribution in [-0.4, -0.2) is 20.2 Å². The lowest BCUT2D eigenvalue weighted by molar-refractivity contribution is 0.456. The summed E-state index contributed by atoms with van der Waals surface area (Å²) < 4.78 is 5.51. The minimum Gasteiger partial charge on any atom is -0.424 e. The van der Waals surface area contributed by atoms with E-state index in [4.69, 9.17) is 4.42 Å². The molecule has 108 valence electrons. The van der Waals surface area contributed by atoms with Crippen molar-refractivity contribution in [1.82, 2.24) is 20.2 Å². The molecule has 0 amide bonds. The maximum atomic E-state index is 11.6. The van der Waals surface area contributed by atoms with Crippen molar-refractivity contribution in [3.8, 4) is 0 Å². The van der Waals surface area contributed by atoms with E-state index in [1.54, 1.807) is 6.07 Å². The summed E-state index contributed by atoms with van der Waals surface area (Å²) in [4.78, 5) is 18.8. The number of thioether (sulfide) groups is 1. The van der Waals surface area contributed by atoms with E-state index in [9.17, 15) is 4.79 Å². The average Bonchev–Trinajstić information content (AvgIpc) is 2.87. The van der Waals surface area contributed by atoms with E-state index < -0.39 is 0 Å². The first kappa shape index (κ1) is 14.8. The number of rotatable bonds is 6. The number of nitrogens with one attached hydrogen (secondary N) is 1. The number of aromatic nitrogens is 4. The van der Waals surface area contributed by atoms with E-state index in [-0.39, 0.29) is 10.8 Å². The van der Waals surface area contributed by atoms with Crippen LogP contribution in [0, 0.1) is 0 Å². The number of aromatic amines is 1. The molecule has 0 saturated carbocycles. The SMILES string of the molecule is CCCc1cc(=O)[nH]c(S[C@@H](C)c2nnc(CC)o2)n1.